The molecule has 0 spiro atoms. The van der Waals surface area contributed by atoms with Gasteiger partial charge in [-0.25, -0.2) is 9.37 Å². The van der Waals surface area contributed by atoms with E-state index in [9.17, 15) is 4.39 Å². The smallest absolute Gasteiger partial charge is 0.131 e. The van der Waals surface area contributed by atoms with Crippen LogP contribution < -0.4 is 4.74 Å². The lowest BCUT2D eigenvalue weighted by atomic mass is 10.0. The third-order valence-corrected chi connectivity index (χ3v) is 5.17. The van der Waals surface area contributed by atoms with Gasteiger partial charge in [0, 0.05) is 10.9 Å². The largest absolute Gasteiger partial charge is 0.487 e. The summed E-state index contributed by atoms with van der Waals surface area (Å²) in [6.45, 7) is 0.369. The Kier molecular flexibility index (Phi) is 5.14. The molecule has 4 rings (SSSR count). The number of rotatable bonds is 5. The van der Waals surface area contributed by atoms with E-state index in [0.717, 1.165) is 33.1 Å². The predicted molar refractivity (Wildman–Crippen MR) is 108 cm³/mol. The summed E-state index contributed by atoms with van der Waals surface area (Å²) in [5.74, 6) is 0.502. The molecule has 136 valence electrons. The Morgan fingerprint density at radius 1 is 0.857 bits per heavy atom. The van der Waals surface area contributed by atoms with E-state index in [4.69, 9.17) is 10.00 Å². The Balaban J connectivity index is 1.40. The molecule has 5 heteroatoms. The van der Waals surface area contributed by atoms with Gasteiger partial charge in [0.2, 0.25) is 0 Å². The molecule has 0 aliphatic heterocycles. The number of nitriles is 1. The highest BCUT2D eigenvalue weighted by atomic mass is 32.1. The molecule has 1 heterocycles. The van der Waals surface area contributed by atoms with Crippen LogP contribution in [0.1, 0.15) is 11.3 Å². The van der Waals surface area contributed by atoms with E-state index in [0.29, 0.717) is 12.2 Å². The van der Waals surface area contributed by atoms with Crippen molar-refractivity contribution in [3.63, 3.8) is 0 Å². The summed E-state index contributed by atoms with van der Waals surface area (Å²) in [7, 11) is 0. The topological polar surface area (TPSA) is 45.9 Å². The van der Waals surface area contributed by atoms with E-state index in [-0.39, 0.29) is 5.82 Å². The first-order chi connectivity index (χ1) is 13.7. The van der Waals surface area contributed by atoms with Crippen LogP contribution in [-0.4, -0.2) is 4.98 Å². The summed E-state index contributed by atoms with van der Waals surface area (Å²) < 4.78 is 18.9. The van der Waals surface area contributed by atoms with Gasteiger partial charge in [0.05, 0.1) is 17.3 Å². The van der Waals surface area contributed by atoms with Crippen LogP contribution in [0.15, 0.2) is 78.2 Å². The van der Waals surface area contributed by atoms with Gasteiger partial charge in [-0.05, 0) is 59.7 Å². The zero-order valence-electron chi connectivity index (χ0n) is 14.8. The Morgan fingerprint density at radius 3 is 2.11 bits per heavy atom. The second-order valence-electron chi connectivity index (χ2n) is 6.15. The first kappa shape index (κ1) is 17.9. The first-order valence-electron chi connectivity index (χ1n) is 8.65. The summed E-state index contributed by atoms with van der Waals surface area (Å²) >= 11 is 1.51. The van der Waals surface area contributed by atoms with Gasteiger partial charge in [-0.15, -0.1) is 11.3 Å². The van der Waals surface area contributed by atoms with Gasteiger partial charge in [0.15, 0.2) is 0 Å². The van der Waals surface area contributed by atoms with Crippen molar-refractivity contribution in [2.75, 3.05) is 0 Å². The maximum atomic E-state index is 13.0. The molecule has 1 aromatic heterocycles. The quantitative estimate of drug-likeness (QED) is 0.418. The number of aromatic nitrogens is 1. The standard InChI is InChI=1S/C23H15FN2OS/c24-20-9-5-19(6-10-20)23-26-21(15-28-23)14-27-22-11-7-18(8-12-22)17-3-1-16(13-25)2-4-17/h1-12,15H,14H2. The summed E-state index contributed by atoms with van der Waals surface area (Å²) in [5.41, 5.74) is 4.48. The van der Waals surface area contributed by atoms with Crippen LogP contribution in [-0.2, 0) is 6.61 Å². The van der Waals surface area contributed by atoms with E-state index in [2.05, 4.69) is 11.1 Å². The highest BCUT2D eigenvalue weighted by Crippen LogP contribution is 2.26. The van der Waals surface area contributed by atoms with E-state index < -0.39 is 0 Å². The number of halogens is 1. The second kappa shape index (κ2) is 8.03. The fourth-order valence-corrected chi connectivity index (χ4v) is 3.55. The van der Waals surface area contributed by atoms with Crippen LogP contribution >= 0.6 is 11.3 Å². The number of hydrogen-bond donors (Lipinski definition) is 0. The minimum Gasteiger partial charge on any atom is -0.487 e. The molecule has 0 aliphatic carbocycles. The van der Waals surface area contributed by atoms with Gasteiger partial charge >= 0.3 is 0 Å². The first-order valence-corrected chi connectivity index (χ1v) is 9.53. The monoisotopic (exact) mass is 386 g/mol. The molecule has 0 N–H and O–H groups in total. The van der Waals surface area contributed by atoms with Crippen LogP contribution in [0.25, 0.3) is 21.7 Å². The number of thiazole rings is 1. The van der Waals surface area contributed by atoms with Gasteiger partial charge in [-0.1, -0.05) is 24.3 Å². The molecule has 0 bridgehead atoms. The van der Waals surface area contributed by atoms with Crippen LogP contribution in [0.3, 0.4) is 0 Å². The molecule has 0 saturated heterocycles. The molecule has 0 radical (unpaired) electrons. The van der Waals surface area contributed by atoms with Gasteiger partial charge in [0.1, 0.15) is 23.2 Å². The van der Waals surface area contributed by atoms with E-state index in [1.54, 1.807) is 24.3 Å². The van der Waals surface area contributed by atoms with Crippen molar-refractivity contribution in [1.29, 1.82) is 5.26 Å². The summed E-state index contributed by atoms with van der Waals surface area (Å²) in [6, 6.07) is 23.7. The van der Waals surface area contributed by atoms with Crippen molar-refractivity contribution in [2.24, 2.45) is 0 Å². The number of ether oxygens (including phenoxy) is 1. The van der Waals surface area contributed by atoms with Gasteiger partial charge in [0.25, 0.3) is 0 Å². The van der Waals surface area contributed by atoms with Crippen LogP contribution in [0, 0.1) is 17.1 Å². The van der Waals surface area contributed by atoms with Gasteiger partial charge in [-0.3, -0.25) is 0 Å². The molecule has 3 nitrogen and oxygen atoms in total. The molecule has 4 aromatic rings. The lowest BCUT2D eigenvalue weighted by Gasteiger charge is -2.06. The lowest BCUT2D eigenvalue weighted by molar-refractivity contribution is 0.302. The molecule has 0 unspecified atom stereocenters. The zero-order chi connectivity index (χ0) is 19.3. The van der Waals surface area contributed by atoms with Crippen LogP contribution in [0.2, 0.25) is 0 Å². The third-order valence-electron chi connectivity index (χ3n) is 4.23. The van der Waals surface area contributed by atoms with E-state index in [1.165, 1.54) is 23.5 Å². The molecule has 0 amide bonds. The van der Waals surface area contributed by atoms with Crippen LogP contribution in [0.4, 0.5) is 4.39 Å². The third kappa shape index (κ3) is 4.08. The van der Waals surface area contributed by atoms with Crippen molar-refractivity contribution in [1.82, 2.24) is 4.98 Å². The summed E-state index contributed by atoms with van der Waals surface area (Å²) in [6.07, 6.45) is 0. The Morgan fingerprint density at radius 2 is 1.46 bits per heavy atom. The Labute approximate surface area is 166 Å². The fraction of sp³-hybridized carbons (Fsp3) is 0.0435. The van der Waals surface area contributed by atoms with Gasteiger partial charge < -0.3 is 4.74 Å². The van der Waals surface area contributed by atoms with Crippen molar-refractivity contribution in [3.8, 4) is 33.5 Å². The van der Waals surface area contributed by atoms with Crippen molar-refractivity contribution >= 4 is 11.3 Å². The lowest BCUT2D eigenvalue weighted by Crippen LogP contribution is -1.95. The fourth-order valence-electron chi connectivity index (χ4n) is 2.74. The molecular formula is C23H15FN2OS. The summed E-state index contributed by atoms with van der Waals surface area (Å²) in [4.78, 5) is 4.55. The number of nitrogens with zero attached hydrogens (tertiary/aromatic N) is 2. The normalized spacial score (nSPS) is 10.4. The Hall–Kier alpha value is -3.49. The molecule has 0 atom stereocenters. The van der Waals surface area contributed by atoms with Crippen molar-refractivity contribution < 1.29 is 9.13 Å². The minimum atomic E-state index is -0.256. The second-order valence-corrected chi connectivity index (χ2v) is 7.01. The predicted octanol–water partition coefficient (Wildman–Crippen LogP) is 6.07. The van der Waals surface area contributed by atoms with Gasteiger partial charge in [-0.2, -0.15) is 5.26 Å². The van der Waals surface area contributed by atoms with E-state index >= 15 is 0 Å². The number of benzene rings is 3. The Bertz CT molecular complexity index is 1110. The minimum absolute atomic E-state index is 0.256. The van der Waals surface area contributed by atoms with Crippen LogP contribution in [0.5, 0.6) is 5.75 Å². The highest BCUT2D eigenvalue weighted by molar-refractivity contribution is 7.13. The average Bonchev–Trinajstić information content (AvgIpc) is 3.22. The van der Waals surface area contributed by atoms with Crippen molar-refractivity contribution in [3.05, 3.63) is 95.3 Å². The van der Waals surface area contributed by atoms with Crippen molar-refractivity contribution in [2.45, 2.75) is 6.61 Å². The maximum Gasteiger partial charge on any atom is 0.131 e. The maximum absolute atomic E-state index is 13.0. The molecule has 0 saturated carbocycles. The molecule has 3 aromatic carbocycles. The average molecular weight is 386 g/mol. The molecular weight excluding hydrogens is 371 g/mol. The summed E-state index contributed by atoms with van der Waals surface area (Å²) in [5, 5.41) is 11.7. The molecule has 0 fully saturated rings. The zero-order valence-corrected chi connectivity index (χ0v) is 15.6. The molecule has 28 heavy (non-hydrogen) atoms. The SMILES string of the molecule is N#Cc1ccc(-c2ccc(OCc3csc(-c4ccc(F)cc4)n3)cc2)cc1. The van der Waals surface area contributed by atoms with E-state index in [1.807, 2.05) is 41.8 Å². The number of hydrogen-bond acceptors (Lipinski definition) is 4. The molecule has 0 aliphatic rings. The highest BCUT2D eigenvalue weighted by Gasteiger charge is 2.06.